The zero-order valence-corrected chi connectivity index (χ0v) is 18.4. The number of piperazine rings is 1. The molecule has 1 aliphatic heterocycles. The Balaban J connectivity index is 1.32. The average Bonchev–Trinajstić information content (AvgIpc) is 2.81. The smallest absolute Gasteiger partial charge is 0.339 e. The van der Waals surface area contributed by atoms with E-state index < -0.39 is 29.0 Å². The monoisotopic (exact) mass is 491 g/mol. The van der Waals surface area contributed by atoms with Crippen LogP contribution in [0.1, 0.15) is 5.56 Å². The summed E-state index contributed by atoms with van der Waals surface area (Å²) >= 11 is 0. The molecule has 0 atom stereocenters. The number of aromatic nitrogens is 2. The Bertz CT molecular complexity index is 1320. The molecule has 35 heavy (non-hydrogen) atoms. The van der Waals surface area contributed by atoms with Crippen LogP contribution in [0, 0.1) is 5.82 Å². The molecule has 4 rings (SSSR count). The van der Waals surface area contributed by atoms with Gasteiger partial charge in [0.05, 0.1) is 35.0 Å². The van der Waals surface area contributed by atoms with Gasteiger partial charge < -0.3 is 10.2 Å². The molecule has 1 saturated heterocycles. The number of nitrogens with one attached hydrogen (secondary N) is 1. The van der Waals surface area contributed by atoms with Crippen LogP contribution in [0.25, 0.3) is 10.9 Å². The van der Waals surface area contributed by atoms with Crippen molar-refractivity contribution < 1.29 is 27.2 Å². The van der Waals surface area contributed by atoms with Gasteiger partial charge in [-0.15, -0.1) is 0 Å². The van der Waals surface area contributed by atoms with E-state index in [4.69, 9.17) is 0 Å². The van der Waals surface area contributed by atoms with Gasteiger partial charge in [0.15, 0.2) is 0 Å². The fraction of sp³-hybridized carbons (Fsp3) is 0.304. The minimum absolute atomic E-state index is 0.0724. The molecule has 0 saturated carbocycles. The predicted molar refractivity (Wildman–Crippen MR) is 119 cm³/mol. The highest BCUT2D eigenvalue weighted by atomic mass is 19.4. The number of fused-ring (bicyclic) bond motifs is 1. The van der Waals surface area contributed by atoms with Crippen LogP contribution >= 0.6 is 0 Å². The van der Waals surface area contributed by atoms with Gasteiger partial charge in [0.2, 0.25) is 11.8 Å². The van der Waals surface area contributed by atoms with Crippen molar-refractivity contribution in [1.82, 2.24) is 19.4 Å². The first-order valence-corrected chi connectivity index (χ1v) is 10.7. The fourth-order valence-corrected chi connectivity index (χ4v) is 3.88. The Morgan fingerprint density at radius 3 is 2.43 bits per heavy atom. The summed E-state index contributed by atoms with van der Waals surface area (Å²) < 4.78 is 53.9. The van der Waals surface area contributed by atoms with Gasteiger partial charge in [0, 0.05) is 26.2 Å². The van der Waals surface area contributed by atoms with Crippen molar-refractivity contribution in [3.8, 4) is 0 Å². The molecule has 8 nitrogen and oxygen atoms in total. The Morgan fingerprint density at radius 2 is 1.71 bits per heavy atom. The SMILES string of the molecule is O=C(CN1CCN(C(=O)Cn2cnc3ccc(F)cc3c2=O)CC1)Nc1ccccc1C(F)(F)F. The van der Waals surface area contributed by atoms with E-state index in [0.717, 1.165) is 16.7 Å². The lowest BCUT2D eigenvalue weighted by Crippen LogP contribution is -2.51. The molecular formula is C23H21F4N5O3. The molecule has 12 heteroatoms. The number of para-hydroxylation sites is 1. The quantitative estimate of drug-likeness (QED) is 0.554. The van der Waals surface area contributed by atoms with Crippen molar-refractivity contribution in [3.63, 3.8) is 0 Å². The highest BCUT2D eigenvalue weighted by Crippen LogP contribution is 2.34. The molecule has 1 aromatic heterocycles. The zero-order valence-electron chi connectivity index (χ0n) is 18.4. The first-order chi connectivity index (χ1) is 16.6. The van der Waals surface area contributed by atoms with E-state index >= 15 is 0 Å². The van der Waals surface area contributed by atoms with Crippen LogP contribution < -0.4 is 10.9 Å². The van der Waals surface area contributed by atoms with E-state index in [1.807, 2.05) is 0 Å². The van der Waals surface area contributed by atoms with Crippen molar-refractivity contribution in [2.75, 3.05) is 38.0 Å². The summed E-state index contributed by atoms with van der Waals surface area (Å²) in [4.78, 5) is 44.9. The lowest BCUT2D eigenvalue weighted by atomic mass is 10.1. The highest BCUT2D eigenvalue weighted by molar-refractivity contribution is 5.93. The van der Waals surface area contributed by atoms with Crippen molar-refractivity contribution in [2.24, 2.45) is 0 Å². The van der Waals surface area contributed by atoms with E-state index in [1.54, 1.807) is 4.90 Å². The van der Waals surface area contributed by atoms with E-state index in [9.17, 15) is 31.9 Å². The summed E-state index contributed by atoms with van der Waals surface area (Å²) in [6, 6.07) is 8.39. The van der Waals surface area contributed by atoms with E-state index in [1.165, 1.54) is 41.6 Å². The number of anilines is 1. The highest BCUT2D eigenvalue weighted by Gasteiger charge is 2.33. The molecule has 1 fully saturated rings. The van der Waals surface area contributed by atoms with Gasteiger partial charge >= 0.3 is 6.18 Å². The van der Waals surface area contributed by atoms with Gasteiger partial charge in [-0.25, -0.2) is 9.37 Å². The number of amides is 2. The van der Waals surface area contributed by atoms with Crippen molar-refractivity contribution in [2.45, 2.75) is 12.7 Å². The zero-order chi connectivity index (χ0) is 25.2. The topological polar surface area (TPSA) is 87.5 Å². The van der Waals surface area contributed by atoms with Crippen LogP contribution in [0.5, 0.6) is 0 Å². The lowest BCUT2D eigenvalue weighted by molar-refractivity contribution is -0.137. The molecular weight excluding hydrogens is 470 g/mol. The number of hydrogen-bond acceptors (Lipinski definition) is 5. The minimum atomic E-state index is -4.59. The van der Waals surface area contributed by atoms with Gasteiger partial charge in [0.25, 0.3) is 5.56 Å². The van der Waals surface area contributed by atoms with E-state index in [-0.39, 0.29) is 43.2 Å². The summed E-state index contributed by atoms with van der Waals surface area (Å²) in [7, 11) is 0. The van der Waals surface area contributed by atoms with Gasteiger partial charge in [-0.2, -0.15) is 13.2 Å². The third-order valence-corrected chi connectivity index (χ3v) is 5.69. The molecule has 2 aromatic carbocycles. The molecule has 0 radical (unpaired) electrons. The van der Waals surface area contributed by atoms with Gasteiger partial charge in [-0.1, -0.05) is 12.1 Å². The number of rotatable bonds is 5. The van der Waals surface area contributed by atoms with Crippen molar-refractivity contribution in [1.29, 1.82) is 0 Å². The van der Waals surface area contributed by atoms with Gasteiger partial charge in [0.1, 0.15) is 12.4 Å². The lowest BCUT2D eigenvalue weighted by Gasteiger charge is -2.34. The second kappa shape index (κ2) is 9.82. The standard InChI is InChI=1S/C23H21F4N5O3/c24-15-5-6-18-16(11-15)22(35)32(14-28-18)13-21(34)31-9-7-30(8-10-31)12-20(33)29-19-4-2-1-3-17(19)23(25,26)27/h1-6,11,14H,7-10,12-13H2,(H,29,33). The molecule has 2 amide bonds. The van der Waals surface area contributed by atoms with Crippen molar-refractivity contribution >= 4 is 28.4 Å². The predicted octanol–water partition coefficient (Wildman–Crippen LogP) is 2.34. The molecule has 1 aliphatic rings. The van der Waals surface area contributed by atoms with Crippen LogP contribution in [0.15, 0.2) is 53.6 Å². The molecule has 0 unspecified atom stereocenters. The van der Waals surface area contributed by atoms with E-state index in [0.29, 0.717) is 18.6 Å². The Morgan fingerprint density at radius 1 is 1.00 bits per heavy atom. The summed E-state index contributed by atoms with van der Waals surface area (Å²) in [6.07, 6.45) is -3.35. The minimum Gasteiger partial charge on any atom is -0.339 e. The molecule has 0 spiro atoms. The van der Waals surface area contributed by atoms with Crippen LogP contribution in [0.3, 0.4) is 0 Å². The molecule has 0 aliphatic carbocycles. The van der Waals surface area contributed by atoms with Gasteiger partial charge in [-0.05, 0) is 30.3 Å². The number of halogens is 4. The fourth-order valence-electron chi connectivity index (χ4n) is 3.88. The molecule has 184 valence electrons. The summed E-state index contributed by atoms with van der Waals surface area (Å²) in [5.41, 5.74) is -1.44. The maximum Gasteiger partial charge on any atom is 0.418 e. The second-order valence-electron chi connectivity index (χ2n) is 8.09. The number of alkyl halides is 3. The normalized spacial score (nSPS) is 14.8. The number of nitrogens with zero attached hydrogens (tertiary/aromatic N) is 4. The molecule has 3 aromatic rings. The Hall–Kier alpha value is -3.80. The molecule has 0 bridgehead atoms. The van der Waals surface area contributed by atoms with Crippen LogP contribution in [-0.4, -0.2) is 63.9 Å². The summed E-state index contributed by atoms with van der Waals surface area (Å²) in [5, 5.41) is 2.38. The van der Waals surface area contributed by atoms with Gasteiger partial charge in [-0.3, -0.25) is 23.9 Å². The maximum absolute atomic E-state index is 13.5. The third kappa shape index (κ3) is 5.65. The molecule has 1 N–H and O–H groups in total. The molecule has 2 heterocycles. The van der Waals surface area contributed by atoms with Crippen LogP contribution in [0.4, 0.5) is 23.2 Å². The number of hydrogen-bond donors (Lipinski definition) is 1. The first-order valence-electron chi connectivity index (χ1n) is 10.7. The third-order valence-electron chi connectivity index (χ3n) is 5.69. The number of benzene rings is 2. The Kier molecular flexibility index (Phi) is 6.83. The summed E-state index contributed by atoms with van der Waals surface area (Å²) in [6.45, 7) is 0.804. The van der Waals surface area contributed by atoms with Crippen LogP contribution in [-0.2, 0) is 22.3 Å². The largest absolute Gasteiger partial charge is 0.418 e. The summed E-state index contributed by atoms with van der Waals surface area (Å²) in [5.74, 6) is -1.52. The van der Waals surface area contributed by atoms with Crippen LogP contribution in [0.2, 0.25) is 0 Å². The number of carbonyl (C=O) groups excluding carboxylic acids is 2. The van der Waals surface area contributed by atoms with E-state index in [2.05, 4.69) is 10.3 Å². The number of carbonyl (C=O) groups is 2. The maximum atomic E-state index is 13.5. The average molecular weight is 491 g/mol. The van der Waals surface area contributed by atoms with Crippen molar-refractivity contribution in [3.05, 3.63) is 70.5 Å². The first kappa shape index (κ1) is 24.3. The Labute approximate surface area is 196 Å². The second-order valence-corrected chi connectivity index (χ2v) is 8.09.